The van der Waals surface area contributed by atoms with Crippen molar-refractivity contribution in [3.63, 3.8) is 0 Å². The van der Waals surface area contributed by atoms with Crippen molar-refractivity contribution in [3.8, 4) is 11.5 Å². The standard InChI is InChI=1S/C12H10N2O2.2C11H14O.2C10H12O2.6C2H6/c15-11-7-3-1-5-9(11)13-14-10-6-2-4-8-12(10)16;2*1-9(8-10(2)12)11-6-4-3-5-7-11;2*1-8(7-10(11)12)9-5-3-2-4-6-9;6*1-2/h1-8,15-16H;2*3-7,9H,8H2,1-2H3;2*2-6,8H,7H2,1H3,(H,11,12);6*1-2H3/t;2*9-;2*8-;;;;;;/m.1111....../s1. The van der Waals surface area contributed by atoms with E-state index in [0.29, 0.717) is 36.1 Å². The lowest BCUT2D eigenvalue weighted by molar-refractivity contribution is -0.138. The van der Waals surface area contributed by atoms with Crippen LogP contribution in [0.15, 0.2) is 180 Å². The molecule has 10 heteroatoms. The minimum atomic E-state index is -0.744. The second kappa shape index (κ2) is 54.1. The van der Waals surface area contributed by atoms with Crippen LogP contribution < -0.4 is 0 Å². The number of phenolic OH excluding ortho intramolecular Hbond substituents is 2. The van der Waals surface area contributed by atoms with Gasteiger partial charge in [-0.15, -0.1) is 10.2 Å². The van der Waals surface area contributed by atoms with Gasteiger partial charge in [0.15, 0.2) is 0 Å². The predicted octanol–water partition coefficient (Wildman–Crippen LogP) is 19.7. The molecule has 0 aromatic heterocycles. The van der Waals surface area contributed by atoms with Crippen LogP contribution in [0.25, 0.3) is 0 Å². The summed E-state index contributed by atoms with van der Waals surface area (Å²) in [5, 5.41) is 43.7. The highest BCUT2D eigenvalue weighted by Crippen LogP contribution is 2.30. The Morgan fingerprint density at radius 1 is 0.329 bits per heavy atom. The average molecular weight is 1050 g/mol. The van der Waals surface area contributed by atoms with Crippen LogP contribution in [0.1, 0.15) is 196 Å². The van der Waals surface area contributed by atoms with Crippen LogP contribution >= 0.6 is 0 Å². The maximum atomic E-state index is 10.8. The molecule has 4 N–H and O–H groups in total. The zero-order valence-electron chi connectivity index (χ0n) is 49.6. The third-order valence-corrected chi connectivity index (χ3v) is 9.65. The molecule has 0 unspecified atom stereocenters. The van der Waals surface area contributed by atoms with Crippen molar-refractivity contribution in [1.29, 1.82) is 0 Å². The molecule has 4 atom stereocenters. The molecule has 0 radical (unpaired) electrons. The molecule has 0 aliphatic carbocycles. The third kappa shape index (κ3) is 41.2. The molecule has 0 saturated heterocycles. The normalized spacial score (nSPS) is 10.6. The summed E-state index contributed by atoms with van der Waals surface area (Å²) >= 11 is 0. The highest BCUT2D eigenvalue weighted by molar-refractivity contribution is 5.76. The van der Waals surface area contributed by atoms with Gasteiger partial charge in [-0.25, -0.2) is 0 Å². The largest absolute Gasteiger partial charge is 0.506 e. The maximum Gasteiger partial charge on any atom is 0.303 e. The number of para-hydroxylation sites is 2. The van der Waals surface area contributed by atoms with Crippen LogP contribution in [-0.2, 0) is 19.2 Å². The number of aromatic hydroxyl groups is 2. The molecule has 0 aliphatic heterocycles. The van der Waals surface area contributed by atoms with Gasteiger partial charge in [-0.2, -0.15) is 0 Å². The van der Waals surface area contributed by atoms with Crippen molar-refractivity contribution in [2.45, 2.75) is 174 Å². The van der Waals surface area contributed by atoms with Gasteiger partial charge < -0.3 is 30.0 Å². The minimum absolute atomic E-state index is 0.0571. The second-order valence-electron chi connectivity index (χ2n) is 15.4. The summed E-state index contributed by atoms with van der Waals surface area (Å²) in [5.41, 5.74) is 5.39. The molecule has 6 aromatic carbocycles. The van der Waals surface area contributed by atoms with Gasteiger partial charge in [-0.1, -0.05) is 256 Å². The van der Waals surface area contributed by atoms with E-state index < -0.39 is 11.9 Å². The van der Waals surface area contributed by atoms with Gasteiger partial charge >= 0.3 is 11.9 Å². The Morgan fingerprint density at radius 3 is 0.697 bits per heavy atom. The molecule has 6 aromatic rings. The zero-order valence-corrected chi connectivity index (χ0v) is 49.6. The lowest BCUT2D eigenvalue weighted by Gasteiger charge is -2.08. The minimum Gasteiger partial charge on any atom is -0.506 e. The predicted molar refractivity (Wildman–Crippen MR) is 323 cm³/mol. The van der Waals surface area contributed by atoms with E-state index in [4.69, 9.17) is 10.2 Å². The van der Waals surface area contributed by atoms with E-state index in [1.807, 2.05) is 194 Å². The SMILES string of the molecule is CC.CC.CC.CC.CC.CC.CC(=O)C[C@@H](C)c1ccccc1.CC(=O)C[C@@H](C)c1ccccc1.C[C@H](CC(=O)O)c1ccccc1.C[C@H](CC(=O)O)c1ccccc1.Oc1ccccc1N=Nc1ccccc1O. The number of carboxylic acids is 2. The van der Waals surface area contributed by atoms with Gasteiger partial charge in [0.1, 0.15) is 34.4 Å². The molecule has 0 aliphatic rings. The van der Waals surface area contributed by atoms with E-state index in [9.17, 15) is 29.4 Å². The number of Topliss-reactive ketones (excluding diaryl/α,β-unsaturated/α-hetero) is 2. The Bertz CT molecular complexity index is 2010. The van der Waals surface area contributed by atoms with Crippen LogP contribution in [0.5, 0.6) is 11.5 Å². The number of carbonyl (C=O) groups excluding carboxylic acids is 2. The molecule has 0 fully saturated rings. The number of hydrogen-bond donors (Lipinski definition) is 4. The van der Waals surface area contributed by atoms with Crippen molar-refractivity contribution in [1.82, 2.24) is 0 Å². The smallest absolute Gasteiger partial charge is 0.303 e. The van der Waals surface area contributed by atoms with Crippen molar-refractivity contribution in [2.75, 3.05) is 0 Å². The van der Waals surface area contributed by atoms with Gasteiger partial charge in [0.05, 0.1) is 12.8 Å². The van der Waals surface area contributed by atoms with E-state index >= 15 is 0 Å². The number of phenols is 2. The molecule has 0 bridgehead atoms. The first-order valence-corrected chi connectivity index (χ1v) is 27.2. The highest BCUT2D eigenvalue weighted by atomic mass is 16.4. The van der Waals surface area contributed by atoms with Gasteiger partial charge in [0.2, 0.25) is 0 Å². The second-order valence-corrected chi connectivity index (χ2v) is 15.4. The number of azo groups is 1. The van der Waals surface area contributed by atoms with Crippen molar-refractivity contribution < 1.29 is 39.6 Å². The van der Waals surface area contributed by atoms with E-state index in [0.717, 1.165) is 11.1 Å². The van der Waals surface area contributed by atoms with Crippen LogP contribution in [0.2, 0.25) is 0 Å². The van der Waals surface area contributed by atoms with Crippen LogP contribution in [0, 0.1) is 0 Å². The fourth-order valence-electron chi connectivity index (χ4n) is 6.19. The number of benzene rings is 6. The number of aliphatic carboxylic acids is 2. The molecule has 420 valence electrons. The molecular weight excluding hydrogens is 949 g/mol. The van der Waals surface area contributed by atoms with E-state index in [1.54, 1.807) is 50.2 Å². The van der Waals surface area contributed by atoms with Gasteiger partial charge in [-0.3, -0.25) is 9.59 Å². The number of hydrogen-bond acceptors (Lipinski definition) is 8. The van der Waals surface area contributed by atoms with E-state index in [2.05, 4.69) is 48.3 Å². The van der Waals surface area contributed by atoms with Gasteiger partial charge in [0.25, 0.3) is 0 Å². The lowest BCUT2D eigenvalue weighted by Crippen LogP contribution is -2.02. The van der Waals surface area contributed by atoms with Crippen molar-refractivity contribution >= 4 is 34.9 Å². The van der Waals surface area contributed by atoms with Gasteiger partial charge in [-0.05, 0) is 84.0 Å². The third-order valence-electron chi connectivity index (χ3n) is 9.65. The Hall–Kier alpha value is -7.20. The molecule has 0 spiro atoms. The van der Waals surface area contributed by atoms with Crippen LogP contribution in [0.4, 0.5) is 11.4 Å². The molecule has 0 heterocycles. The Kier molecular flexibility index (Phi) is 55.3. The quantitative estimate of drug-likeness (QED) is 0.0780. The molecule has 0 amide bonds. The summed E-state index contributed by atoms with van der Waals surface area (Å²) in [6.45, 7) is 35.3. The molecule has 10 nitrogen and oxygen atoms in total. The fourth-order valence-corrected chi connectivity index (χ4v) is 6.19. The first-order valence-electron chi connectivity index (χ1n) is 27.2. The lowest BCUT2D eigenvalue weighted by atomic mass is 9.96. The Labute approximate surface area is 460 Å². The Balaban J connectivity index is -0.000000264. The summed E-state index contributed by atoms with van der Waals surface area (Å²) in [5.74, 6) is 0.0403. The molecule has 6 rings (SSSR count). The van der Waals surface area contributed by atoms with Crippen molar-refractivity contribution in [2.24, 2.45) is 10.2 Å². The Morgan fingerprint density at radius 2 is 0.513 bits per heavy atom. The summed E-state index contributed by atoms with van der Waals surface area (Å²) < 4.78 is 0. The monoisotopic (exact) mass is 1050 g/mol. The number of ketones is 2. The van der Waals surface area contributed by atoms with Crippen molar-refractivity contribution in [3.05, 3.63) is 192 Å². The fraction of sp³-hybridized carbons (Fsp3) is 0.394. The molecule has 76 heavy (non-hydrogen) atoms. The number of carbonyl (C=O) groups is 4. The molecular formula is C66H98N2O8. The van der Waals surface area contributed by atoms with Gasteiger partial charge in [0, 0.05) is 12.8 Å². The summed E-state index contributed by atoms with van der Waals surface area (Å²) in [6, 6.07) is 52.8. The number of rotatable bonds is 14. The summed E-state index contributed by atoms with van der Waals surface area (Å²) in [7, 11) is 0. The van der Waals surface area contributed by atoms with E-state index in [-0.39, 0.29) is 47.7 Å². The number of nitrogens with zero attached hydrogens (tertiary/aromatic N) is 2. The van der Waals surface area contributed by atoms with Crippen LogP contribution in [0.3, 0.4) is 0 Å². The maximum absolute atomic E-state index is 10.8. The zero-order chi connectivity index (χ0) is 59.3. The van der Waals surface area contributed by atoms with E-state index in [1.165, 1.54) is 23.3 Å². The first kappa shape index (κ1) is 77.7. The highest BCUT2D eigenvalue weighted by Gasteiger charge is 2.10. The first-order chi connectivity index (χ1) is 36.6. The molecule has 0 saturated carbocycles. The van der Waals surface area contributed by atoms with Crippen LogP contribution in [-0.4, -0.2) is 43.9 Å². The summed E-state index contributed by atoms with van der Waals surface area (Å²) in [4.78, 5) is 42.4. The summed E-state index contributed by atoms with van der Waals surface area (Å²) in [6.07, 6.45) is 1.68. The number of carboxylic acid groups (broad SMARTS) is 2. The topological polar surface area (TPSA) is 174 Å². The average Bonchev–Trinajstić information content (AvgIpc) is 3.45.